The molecule has 20 heavy (non-hydrogen) atoms. The molecule has 1 atom stereocenters. The Balaban J connectivity index is 2.76. The fourth-order valence-corrected chi connectivity index (χ4v) is 1.88. The Hall–Kier alpha value is -1.24. The fraction of sp³-hybridized carbons (Fsp3) is 0.769. The zero-order valence-corrected chi connectivity index (χ0v) is 13.7. The molecular formula is C13H23N3O3S. The van der Waals surface area contributed by atoms with Crippen molar-refractivity contribution in [3.63, 3.8) is 0 Å². The average Bonchev–Trinajstić information content (AvgIpc) is 2.73. The second-order valence-electron chi connectivity index (χ2n) is 5.94. The van der Waals surface area contributed by atoms with E-state index in [0.29, 0.717) is 23.5 Å². The second-order valence-corrected chi connectivity index (χ2v) is 6.70. The third-order valence-corrected chi connectivity index (χ3v) is 2.81. The average molecular weight is 301 g/mol. The van der Waals surface area contributed by atoms with E-state index in [9.17, 15) is 4.79 Å². The highest BCUT2D eigenvalue weighted by Gasteiger charge is 2.25. The molecule has 1 aromatic rings. The summed E-state index contributed by atoms with van der Waals surface area (Å²) >= 11 is 1.37. The molecule has 0 saturated carbocycles. The van der Waals surface area contributed by atoms with Gasteiger partial charge in [-0.3, -0.25) is 0 Å². The van der Waals surface area contributed by atoms with E-state index in [4.69, 9.17) is 9.15 Å². The number of rotatable bonds is 5. The normalized spacial score (nSPS) is 13.3. The van der Waals surface area contributed by atoms with Gasteiger partial charge in [0, 0.05) is 0 Å². The highest BCUT2D eigenvalue weighted by molar-refractivity contribution is 7.98. The lowest BCUT2D eigenvalue weighted by molar-refractivity contribution is 0.0487. The van der Waals surface area contributed by atoms with Crippen molar-refractivity contribution in [2.75, 3.05) is 6.26 Å². The first-order chi connectivity index (χ1) is 9.21. The Kier molecular flexibility index (Phi) is 5.86. The molecule has 1 aromatic heterocycles. The van der Waals surface area contributed by atoms with Crippen molar-refractivity contribution in [2.45, 2.75) is 57.9 Å². The molecule has 114 valence electrons. The third-order valence-electron chi connectivity index (χ3n) is 2.29. The predicted octanol–water partition coefficient (Wildman–Crippen LogP) is 3.40. The van der Waals surface area contributed by atoms with Gasteiger partial charge >= 0.3 is 6.09 Å². The zero-order chi connectivity index (χ0) is 15.3. The van der Waals surface area contributed by atoms with Crippen molar-refractivity contribution in [3.8, 4) is 0 Å². The summed E-state index contributed by atoms with van der Waals surface area (Å²) in [7, 11) is 0. The summed E-state index contributed by atoms with van der Waals surface area (Å²) in [5, 5.41) is 11.2. The molecule has 1 N–H and O–H groups in total. The molecule has 0 aliphatic rings. The molecule has 0 spiro atoms. The largest absolute Gasteiger partial charge is 0.444 e. The van der Waals surface area contributed by atoms with Crippen molar-refractivity contribution in [1.29, 1.82) is 0 Å². The Morgan fingerprint density at radius 1 is 1.40 bits per heavy atom. The number of nitrogens with one attached hydrogen (secondary N) is 1. The van der Waals surface area contributed by atoms with Crippen LogP contribution in [0.3, 0.4) is 0 Å². The number of carbonyl (C=O) groups is 1. The topological polar surface area (TPSA) is 77.2 Å². The van der Waals surface area contributed by atoms with Crippen LogP contribution in [0.1, 0.15) is 53.0 Å². The highest BCUT2D eigenvalue weighted by Crippen LogP contribution is 2.23. The molecule has 0 saturated heterocycles. The number of thioether (sulfide) groups is 1. The number of aromatic nitrogens is 2. The first kappa shape index (κ1) is 16.8. The van der Waals surface area contributed by atoms with Crippen LogP contribution in [0.25, 0.3) is 0 Å². The van der Waals surface area contributed by atoms with Gasteiger partial charge in [-0.1, -0.05) is 25.6 Å². The van der Waals surface area contributed by atoms with E-state index in [1.165, 1.54) is 11.8 Å². The van der Waals surface area contributed by atoms with E-state index < -0.39 is 11.7 Å². The molecule has 0 aliphatic carbocycles. The smallest absolute Gasteiger partial charge is 0.408 e. The van der Waals surface area contributed by atoms with E-state index in [-0.39, 0.29) is 6.04 Å². The molecule has 0 unspecified atom stereocenters. The molecule has 1 rings (SSSR count). The first-order valence-corrected chi connectivity index (χ1v) is 7.80. The van der Waals surface area contributed by atoms with E-state index in [1.54, 1.807) is 0 Å². The van der Waals surface area contributed by atoms with Crippen molar-refractivity contribution in [2.24, 2.45) is 5.92 Å². The Morgan fingerprint density at radius 3 is 2.50 bits per heavy atom. The number of carbonyl (C=O) groups excluding carboxylic acids is 1. The Bertz CT molecular complexity index is 440. The summed E-state index contributed by atoms with van der Waals surface area (Å²) in [6.45, 7) is 9.60. The van der Waals surface area contributed by atoms with Gasteiger partial charge < -0.3 is 14.5 Å². The maximum atomic E-state index is 11.9. The van der Waals surface area contributed by atoms with Crippen LogP contribution in [0.4, 0.5) is 4.79 Å². The Labute approximate surface area is 124 Å². The van der Waals surface area contributed by atoms with Crippen LogP contribution in [0, 0.1) is 5.92 Å². The van der Waals surface area contributed by atoms with Crippen LogP contribution in [0.15, 0.2) is 9.64 Å². The zero-order valence-electron chi connectivity index (χ0n) is 12.9. The molecule has 1 amide bonds. The lowest BCUT2D eigenvalue weighted by Crippen LogP contribution is -2.35. The lowest BCUT2D eigenvalue weighted by atomic mass is 10.0. The molecule has 0 radical (unpaired) electrons. The van der Waals surface area contributed by atoms with Crippen LogP contribution < -0.4 is 5.32 Å². The van der Waals surface area contributed by atoms with E-state index in [1.807, 2.05) is 27.0 Å². The molecule has 0 fully saturated rings. The number of hydrogen-bond acceptors (Lipinski definition) is 6. The van der Waals surface area contributed by atoms with E-state index >= 15 is 0 Å². The van der Waals surface area contributed by atoms with Gasteiger partial charge in [0.1, 0.15) is 11.6 Å². The minimum atomic E-state index is -0.536. The summed E-state index contributed by atoms with van der Waals surface area (Å²) in [4.78, 5) is 11.9. The molecule has 7 heteroatoms. The molecule has 0 aromatic carbocycles. The van der Waals surface area contributed by atoms with Crippen molar-refractivity contribution in [1.82, 2.24) is 15.5 Å². The molecule has 0 bridgehead atoms. The van der Waals surface area contributed by atoms with Crippen molar-refractivity contribution in [3.05, 3.63) is 5.89 Å². The SMILES string of the molecule is CSc1nnc([C@H](CC(C)C)NC(=O)OC(C)(C)C)o1. The van der Waals surface area contributed by atoms with Gasteiger partial charge in [-0.25, -0.2) is 4.79 Å². The Morgan fingerprint density at radius 2 is 2.05 bits per heavy atom. The summed E-state index contributed by atoms with van der Waals surface area (Å²) in [6.07, 6.45) is 2.08. The minimum absolute atomic E-state index is 0.335. The van der Waals surface area contributed by atoms with Crippen LogP contribution >= 0.6 is 11.8 Å². The van der Waals surface area contributed by atoms with E-state index in [2.05, 4.69) is 29.4 Å². The molecular weight excluding hydrogens is 278 g/mol. The van der Waals surface area contributed by atoms with Crippen LogP contribution in [-0.4, -0.2) is 28.1 Å². The number of hydrogen-bond donors (Lipinski definition) is 1. The fourth-order valence-electron chi connectivity index (χ4n) is 1.59. The number of nitrogens with zero attached hydrogens (tertiary/aromatic N) is 2. The van der Waals surface area contributed by atoms with Gasteiger partial charge in [-0.05, 0) is 39.4 Å². The van der Waals surface area contributed by atoms with Crippen LogP contribution in [0.2, 0.25) is 0 Å². The summed E-state index contributed by atoms with van der Waals surface area (Å²) in [5.74, 6) is 0.786. The maximum Gasteiger partial charge on any atom is 0.408 e. The predicted molar refractivity (Wildman–Crippen MR) is 77.6 cm³/mol. The van der Waals surface area contributed by atoms with Gasteiger partial charge in [-0.15, -0.1) is 10.2 Å². The van der Waals surface area contributed by atoms with Crippen LogP contribution in [0.5, 0.6) is 0 Å². The summed E-state index contributed by atoms with van der Waals surface area (Å²) in [6, 6.07) is -0.335. The molecule has 6 nitrogen and oxygen atoms in total. The van der Waals surface area contributed by atoms with Gasteiger partial charge in [0.25, 0.3) is 5.22 Å². The van der Waals surface area contributed by atoms with Crippen LogP contribution in [-0.2, 0) is 4.74 Å². The number of alkyl carbamates (subject to hydrolysis) is 1. The quantitative estimate of drug-likeness (QED) is 0.840. The second kappa shape index (κ2) is 6.97. The summed E-state index contributed by atoms with van der Waals surface area (Å²) < 4.78 is 10.8. The van der Waals surface area contributed by atoms with Gasteiger partial charge in [0.15, 0.2) is 0 Å². The minimum Gasteiger partial charge on any atom is -0.444 e. The molecule has 0 aliphatic heterocycles. The molecule has 1 heterocycles. The maximum absolute atomic E-state index is 11.9. The first-order valence-electron chi connectivity index (χ1n) is 6.58. The van der Waals surface area contributed by atoms with Crippen molar-refractivity contribution >= 4 is 17.9 Å². The van der Waals surface area contributed by atoms with Crippen molar-refractivity contribution < 1.29 is 13.9 Å². The van der Waals surface area contributed by atoms with Gasteiger partial charge in [0.2, 0.25) is 5.89 Å². The number of amides is 1. The highest BCUT2D eigenvalue weighted by atomic mass is 32.2. The lowest BCUT2D eigenvalue weighted by Gasteiger charge is -2.22. The summed E-state index contributed by atoms with van der Waals surface area (Å²) in [5.41, 5.74) is -0.536. The van der Waals surface area contributed by atoms with Gasteiger partial charge in [-0.2, -0.15) is 0 Å². The van der Waals surface area contributed by atoms with E-state index in [0.717, 1.165) is 0 Å². The number of ether oxygens (including phenoxy) is 1. The third kappa shape index (κ3) is 5.81. The standard InChI is InChI=1S/C13H23N3O3S/c1-8(2)7-9(10-15-16-12(18-10)20-6)14-11(17)19-13(3,4)5/h8-9H,7H2,1-6H3,(H,14,17)/t9-/m0/s1. The van der Waals surface area contributed by atoms with Gasteiger partial charge in [0.05, 0.1) is 0 Å². The monoisotopic (exact) mass is 301 g/mol.